The lowest BCUT2D eigenvalue weighted by Gasteiger charge is -2.11. The molecule has 0 bridgehead atoms. The Morgan fingerprint density at radius 1 is 0.778 bits per heavy atom. The second kappa shape index (κ2) is 10.1. The fourth-order valence-corrected chi connectivity index (χ4v) is 2.40. The summed E-state index contributed by atoms with van der Waals surface area (Å²) in [5, 5.41) is 2.53. The van der Waals surface area contributed by atoms with Crippen LogP contribution in [0.3, 0.4) is 0 Å². The number of hydrazine groups is 1. The van der Waals surface area contributed by atoms with Gasteiger partial charge in [-0.1, -0.05) is 24.3 Å². The Bertz CT molecular complexity index is 792. The maximum absolute atomic E-state index is 12.0. The molecule has 7 nitrogen and oxygen atoms in total. The minimum Gasteiger partial charge on any atom is -0.497 e. The molecule has 0 spiro atoms. The lowest BCUT2D eigenvalue weighted by atomic mass is 10.1. The van der Waals surface area contributed by atoms with E-state index in [-0.39, 0.29) is 29.8 Å². The summed E-state index contributed by atoms with van der Waals surface area (Å²) in [5.41, 5.74) is 6.61. The number of hydrogen-bond acceptors (Lipinski definition) is 5. The second-order valence-electron chi connectivity index (χ2n) is 5.60. The summed E-state index contributed by atoms with van der Waals surface area (Å²) < 4.78 is 10.1. The minimum absolute atomic E-state index is 0.0246. The molecule has 0 aliphatic carbocycles. The van der Waals surface area contributed by atoms with Crippen molar-refractivity contribution >= 4 is 29.1 Å². The van der Waals surface area contributed by atoms with E-state index in [1.54, 1.807) is 62.8 Å². The molecule has 0 aliphatic heterocycles. The van der Waals surface area contributed by atoms with Gasteiger partial charge in [-0.15, -0.1) is 0 Å². The monoisotopic (exact) mass is 387 g/mol. The van der Waals surface area contributed by atoms with Gasteiger partial charge in [-0.3, -0.25) is 20.4 Å². The van der Waals surface area contributed by atoms with E-state index in [2.05, 4.69) is 16.2 Å². The number of hydrogen-bond donors (Lipinski definition) is 3. The predicted molar refractivity (Wildman–Crippen MR) is 105 cm³/mol. The highest BCUT2D eigenvalue weighted by atomic mass is 32.1. The fourth-order valence-electron chi connectivity index (χ4n) is 2.23. The van der Waals surface area contributed by atoms with Crippen molar-refractivity contribution in [3.05, 3.63) is 59.7 Å². The molecular weight excluding hydrogens is 366 g/mol. The molecule has 2 aromatic carbocycles. The van der Waals surface area contributed by atoms with Crippen LogP contribution in [0.15, 0.2) is 48.5 Å². The quantitative estimate of drug-likeness (QED) is 0.514. The first kappa shape index (κ1) is 20.2. The van der Waals surface area contributed by atoms with Gasteiger partial charge in [0.15, 0.2) is 5.11 Å². The van der Waals surface area contributed by atoms with Gasteiger partial charge in [0.25, 0.3) is 0 Å². The van der Waals surface area contributed by atoms with E-state index in [0.717, 1.165) is 22.6 Å². The summed E-state index contributed by atoms with van der Waals surface area (Å²) in [5.74, 6) is 0.864. The Morgan fingerprint density at radius 3 is 1.67 bits per heavy atom. The molecule has 0 saturated heterocycles. The summed E-state index contributed by atoms with van der Waals surface area (Å²) in [6, 6.07) is 14.3. The highest BCUT2D eigenvalue weighted by molar-refractivity contribution is 7.80. The van der Waals surface area contributed by atoms with E-state index >= 15 is 0 Å². The standard InChI is InChI=1S/C19H21N3O4S/c1-25-15-7-3-13(4-8-15)11-17(23)20-19(27)22-21-18(24)12-14-5-9-16(26-2)10-6-14/h3-10H,11-12H2,1-2H3,(H,21,24)(H2,20,22,23,27). The largest absolute Gasteiger partial charge is 0.497 e. The van der Waals surface area contributed by atoms with Crippen molar-refractivity contribution < 1.29 is 19.1 Å². The van der Waals surface area contributed by atoms with Crippen molar-refractivity contribution in [1.82, 2.24) is 16.2 Å². The Hall–Kier alpha value is -3.13. The first-order valence-corrected chi connectivity index (χ1v) is 8.55. The number of benzene rings is 2. The van der Waals surface area contributed by atoms with Gasteiger partial charge in [0, 0.05) is 0 Å². The van der Waals surface area contributed by atoms with Gasteiger partial charge in [-0.05, 0) is 47.6 Å². The Balaban J connectivity index is 1.72. The van der Waals surface area contributed by atoms with Gasteiger partial charge in [-0.25, -0.2) is 0 Å². The smallest absolute Gasteiger partial charge is 0.242 e. The molecule has 0 fully saturated rings. The normalized spacial score (nSPS) is 9.85. The number of carbonyl (C=O) groups excluding carboxylic acids is 2. The molecule has 0 unspecified atom stereocenters. The summed E-state index contributed by atoms with van der Waals surface area (Å²) in [6.07, 6.45) is 0.324. The first-order valence-electron chi connectivity index (χ1n) is 8.14. The van der Waals surface area contributed by atoms with Crippen LogP contribution < -0.4 is 25.6 Å². The zero-order valence-corrected chi connectivity index (χ0v) is 15.9. The molecule has 0 aliphatic rings. The predicted octanol–water partition coefficient (Wildman–Crippen LogP) is 1.51. The molecule has 2 aromatic rings. The maximum atomic E-state index is 12.0. The van der Waals surface area contributed by atoms with E-state index in [1.807, 2.05) is 0 Å². The second-order valence-corrected chi connectivity index (χ2v) is 6.01. The van der Waals surface area contributed by atoms with Crippen LogP contribution in [0.4, 0.5) is 0 Å². The molecule has 2 amide bonds. The lowest BCUT2D eigenvalue weighted by Crippen LogP contribution is -2.49. The third-order valence-corrected chi connectivity index (χ3v) is 3.82. The number of rotatable bonds is 6. The number of ether oxygens (including phenoxy) is 2. The van der Waals surface area contributed by atoms with Gasteiger partial charge in [-0.2, -0.15) is 0 Å². The van der Waals surface area contributed by atoms with Gasteiger partial charge in [0.1, 0.15) is 11.5 Å². The van der Waals surface area contributed by atoms with E-state index in [1.165, 1.54) is 0 Å². The van der Waals surface area contributed by atoms with Crippen LogP contribution in [-0.2, 0) is 22.4 Å². The number of nitrogens with one attached hydrogen (secondary N) is 3. The van der Waals surface area contributed by atoms with Crippen LogP contribution in [0.1, 0.15) is 11.1 Å². The fraction of sp³-hybridized carbons (Fsp3) is 0.211. The molecule has 8 heteroatoms. The summed E-state index contributed by atoms with van der Waals surface area (Å²) >= 11 is 5.01. The molecular formula is C19H21N3O4S. The third-order valence-electron chi connectivity index (χ3n) is 3.62. The van der Waals surface area contributed by atoms with Crippen LogP contribution in [0, 0.1) is 0 Å². The van der Waals surface area contributed by atoms with Crippen molar-refractivity contribution in [3.8, 4) is 11.5 Å². The number of thiocarbonyl (C=S) groups is 1. The lowest BCUT2D eigenvalue weighted by molar-refractivity contribution is -0.121. The zero-order valence-electron chi connectivity index (χ0n) is 15.1. The average molecular weight is 387 g/mol. The number of carbonyl (C=O) groups is 2. The van der Waals surface area contributed by atoms with Crippen LogP contribution in [0.2, 0.25) is 0 Å². The van der Waals surface area contributed by atoms with Gasteiger partial charge >= 0.3 is 0 Å². The minimum atomic E-state index is -0.290. The Labute approximate surface area is 163 Å². The van der Waals surface area contributed by atoms with Crippen molar-refractivity contribution in [3.63, 3.8) is 0 Å². The van der Waals surface area contributed by atoms with Crippen molar-refractivity contribution in [2.75, 3.05) is 14.2 Å². The van der Waals surface area contributed by atoms with Crippen LogP contribution in [-0.4, -0.2) is 31.1 Å². The first-order chi connectivity index (χ1) is 13.0. The molecule has 27 heavy (non-hydrogen) atoms. The Kier molecular flexibility index (Phi) is 7.57. The van der Waals surface area contributed by atoms with E-state index in [0.29, 0.717) is 0 Å². The molecule has 0 heterocycles. The molecule has 0 atom stereocenters. The van der Waals surface area contributed by atoms with E-state index < -0.39 is 0 Å². The number of methoxy groups -OCH3 is 2. The highest BCUT2D eigenvalue weighted by Gasteiger charge is 2.08. The molecule has 142 valence electrons. The molecule has 2 rings (SSSR count). The van der Waals surface area contributed by atoms with Crippen LogP contribution in [0.25, 0.3) is 0 Å². The zero-order chi connectivity index (χ0) is 19.6. The van der Waals surface area contributed by atoms with Crippen LogP contribution >= 0.6 is 12.2 Å². The van der Waals surface area contributed by atoms with Gasteiger partial charge in [0.05, 0.1) is 27.1 Å². The molecule has 0 radical (unpaired) electrons. The highest BCUT2D eigenvalue weighted by Crippen LogP contribution is 2.12. The van der Waals surface area contributed by atoms with Gasteiger partial charge < -0.3 is 14.8 Å². The van der Waals surface area contributed by atoms with Crippen LogP contribution in [0.5, 0.6) is 11.5 Å². The summed E-state index contributed by atoms with van der Waals surface area (Å²) in [6.45, 7) is 0. The van der Waals surface area contributed by atoms with Crippen molar-refractivity contribution in [2.45, 2.75) is 12.8 Å². The SMILES string of the molecule is COc1ccc(CC(=O)NNC(=S)NC(=O)Cc2ccc(OC)cc2)cc1. The van der Waals surface area contributed by atoms with E-state index in [9.17, 15) is 9.59 Å². The van der Waals surface area contributed by atoms with E-state index in [4.69, 9.17) is 21.7 Å². The number of amides is 2. The summed E-state index contributed by atoms with van der Waals surface area (Å²) in [7, 11) is 3.16. The van der Waals surface area contributed by atoms with Gasteiger partial charge in [0.2, 0.25) is 11.8 Å². The van der Waals surface area contributed by atoms with Crippen molar-refractivity contribution in [1.29, 1.82) is 0 Å². The summed E-state index contributed by atoms with van der Waals surface area (Å²) in [4.78, 5) is 23.9. The maximum Gasteiger partial charge on any atom is 0.242 e. The Morgan fingerprint density at radius 2 is 1.22 bits per heavy atom. The topological polar surface area (TPSA) is 88.7 Å². The molecule has 0 saturated carbocycles. The average Bonchev–Trinajstić information content (AvgIpc) is 2.67. The van der Waals surface area contributed by atoms with Crippen molar-refractivity contribution in [2.24, 2.45) is 0 Å². The third kappa shape index (κ3) is 6.95. The molecule has 3 N–H and O–H groups in total. The molecule has 0 aromatic heterocycles.